The van der Waals surface area contributed by atoms with Crippen molar-refractivity contribution in [3.05, 3.63) is 77.9 Å². The average Bonchev–Trinajstić information content (AvgIpc) is 3.23. The topological polar surface area (TPSA) is 81.1 Å². The van der Waals surface area contributed by atoms with Gasteiger partial charge in [-0.25, -0.2) is 14.5 Å². The van der Waals surface area contributed by atoms with E-state index < -0.39 is 0 Å². The molecule has 30 heavy (non-hydrogen) atoms. The van der Waals surface area contributed by atoms with Gasteiger partial charge >= 0.3 is 6.03 Å². The number of benzene rings is 2. The second kappa shape index (κ2) is 9.91. The molecule has 0 radical (unpaired) electrons. The van der Waals surface area contributed by atoms with Crippen LogP contribution in [0.5, 0.6) is 5.75 Å². The van der Waals surface area contributed by atoms with Gasteiger partial charge in [0.2, 0.25) is 0 Å². The number of aromatic nitrogens is 3. The summed E-state index contributed by atoms with van der Waals surface area (Å²) in [6, 6.07) is 15.9. The molecule has 0 bridgehead atoms. The minimum Gasteiger partial charge on any atom is -0.492 e. The first-order valence-corrected chi connectivity index (χ1v) is 10.1. The zero-order valence-corrected chi connectivity index (χ0v) is 17.8. The molecule has 1 heterocycles. The highest BCUT2D eigenvalue weighted by molar-refractivity contribution is 5.73. The van der Waals surface area contributed by atoms with Gasteiger partial charge in [0.25, 0.3) is 0 Å². The molecule has 1 aromatic heterocycles. The number of amides is 2. The van der Waals surface area contributed by atoms with E-state index in [1.165, 1.54) is 11.9 Å². The molecule has 3 aromatic rings. The van der Waals surface area contributed by atoms with Crippen molar-refractivity contribution in [1.82, 2.24) is 25.4 Å². The summed E-state index contributed by atoms with van der Waals surface area (Å²) in [6.07, 6.45) is 3.20. The lowest BCUT2D eigenvalue weighted by Gasteiger charge is -2.19. The number of hydrogen-bond donors (Lipinski definition) is 2. The number of hydrogen-bond acceptors (Lipinski definition) is 4. The van der Waals surface area contributed by atoms with Gasteiger partial charge in [0, 0.05) is 6.54 Å². The number of carbonyl (C=O) groups excluding carboxylic acids is 1. The highest BCUT2D eigenvalue weighted by Gasteiger charge is 2.12. The molecule has 0 aliphatic rings. The summed E-state index contributed by atoms with van der Waals surface area (Å²) in [7, 11) is 0. The number of carbonyl (C=O) groups is 1. The van der Waals surface area contributed by atoms with Crippen LogP contribution in [0.2, 0.25) is 0 Å². The van der Waals surface area contributed by atoms with Gasteiger partial charge in [-0.05, 0) is 34.2 Å². The quantitative estimate of drug-likeness (QED) is 0.560. The Bertz CT molecular complexity index is 914. The van der Waals surface area contributed by atoms with E-state index >= 15 is 0 Å². The second-order valence-electron chi connectivity index (χ2n) is 8.14. The van der Waals surface area contributed by atoms with E-state index in [0.717, 1.165) is 16.9 Å². The zero-order valence-electron chi connectivity index (χ0n) is 17.8. The molecule has 7 heteroatoms. The van der Waals surface area contributed by atoms with Crippen LogP contribution < -0.4 is 15.4 Å². The SMILES string of the molecule is CC(C)(C)c1ccc(OCCNC(=O)NCc2ccc(Cn3cncn3)cc2)cc1. The van der Waals surface area contributed by atoms with Gasteiger partial charge in [0.15, 0.2) is 0 Å². The maximum absolute atomic E-state index is 12.0. The fraction of sp³-hybridized carbons (Fsp3) is 0.348. The van der Waals surface area contributed by atoms with Crippen molar-refractivity contribution in [2.45, 2.75) is 39.3 Å². The Balaban J connectivity index is 1.33. The highest BCUT2D eigenvalue weighted by atomic mass is 16.5. The summed E-state index contributed by atoms with van der Waals surface area (Å²) in [5.74, 6) is 0.802. The number of nitrogens with one attached hydrogen (secondary N) is 2. The van der Waals surface area contributed by atoms with Crippen molar-refractivity contribution in [3.8, 4) is 5.75 Å². The van der Waals surface area contributed by atoms with Crippen molar-refractivity contribution < 1.29 is 9.53 Å². The van der Waals surface area contributed by atoms with Gasteiger partial charge in [-0.3, -0.25) is 0 Å². The van der Waals surface area contributed by atoms with Crippen LogP contribution in [-0.2, 0) is 18.5 Å². The van der Waals surface area contributed by atoms with Crippen LogP contribution in [0, 0.1) is 0 Å². The highest BCUT2D eigenvalue weighted by Crippen LogP contribution is 2.24. The minimum atomic E-state index is -0.214. The molecule has 0 saturated heterocycles. The summed E-state index contributed by atoms with van der Waals surface area (Å²) in [6.45, 7) is 8.52. The molecule has 2 N–H and O–H groups in total. The molecular weight excluding hydrogens is 378 g/mol. The average molecular weight is 408 g/mol. The predicted octanol–water partition coefficient (Wildman–Crippen LogP) is 3.50. The normalized spacial score (nSPS) is 11.2. The molecule has 3 rings (SSSR count). The smallest absolute Gasteiger partial charge is 0.315 e. The second-order valence-corrected chi connectivity index (χ2v) is 8.14. The van der Waals surface area contributed by atoms with Crippen molar-refractivity contribution in [1.29, 1.82) is 0 Å². The van der Waals surface area contributed by atoms with E-state index in [9.17, 15) is 4.79 Å². The maximum atomic E-state index is 12.0. The molecule has 0 spiro atoms. The van der Waals surface area contributed by atoms with Gasteiger partial charge < -0.3 is 15.4 Å². The van der Waals surface area contributed by atoms with E-state index in [-0.39, 0.29) is 11.4 Å². The van der Waals surface area contributed by atoms with Crippen LogP contribution in [0.15, 0.2) is 61.2 Å². The fourth-order valence-electron chi connectivity index (χ4n) is 2.89. The number of rotatable bonds is 8. The summed E-state index contributed by atoms with van der Waals surface area (Å²) in [5, 5.41) is 9.75. The van der Waals surface area contributed by atoms with E-state index in [0.29, 0.717) is 26.2 Å². The van der Waals surface area contributed by atoms with Crippen molar-refractivity contribution in [2.24, 2.45) is 0 Å². The minimum absolute atomic E-state index is 0.121. The molecule has 0 unspecified atom stereocenters. The third-order valence-corrected chi connectivity index (χ3v) is 4.66. The Kier molecular flexibility index (Phi) is 7.06. The monoisotopic (exact) mass is 407 g/mol. The first-order valence-electron chi connectivity index (χ1n) is 10.1. The van der Waals surface area contributed by atoms with Crippen LogP contribution in [0.25, 0.3) is 0 Å². The van der Waals surface area contributed by atoms with Gasteiger partial charge in [-0.15, -0.1) is 0 Å². The standard InChI is InChI=1S/C23H29N5O2/c1-23(2,3)20-8-10-21(11-9-20)30-13-12-25-22(29)26-14-18-4-6-19(7-5-18)15-28-17-24-16-27-28/h4-11,16-17H,12-15H2,1-3H3,(H2,25,26,29). The lowest BCUT2D eigenvalue weighted by atomic mass is 9.87. The van der Waals surface area contributed by atoms with Crippen LogP contribution in [0.4, 0.5) is 4.79 Å². The lowest BCUT2D eigenvalue weighted by molar-refractivity contribution is 0.236. The third kappa shape index (κ3) is 6.62. The molecule has 0 aliphatic heterocycles. The molecule has 7 nitrogen and oxygen atoms in total. The third-order valence-electron chi connectivity index (χ3n) is 4.66. The van der Waals surface area contributed by atoms with Gasteiger partial charge in [0.1, 0.15) is 25.0 Å². The Hall–Kier alpha value is -3.35. The molecule has 0 saturated carbocycles. The number of nitrogens with zero attached hydrogens (tertiary/aromatic N) is 3. The maximum Gasteiger partial charge on any atom is 0.315 e. The summed E-state index contributed by atoms with van der Waals surface area (Å²) < 4.78 is 7.45. The van der Waals surface area contributed by atoms with Gasteiger partial charge in [0.05, 0.1) is 13.1 Å². The van der Waals surface area contributed by atoms with E-state index in [2.05, 4.69) is 53.6 Å². The fourth-order valence-corrected chi connectivity index (χ4v) is 2.89. The van der Waals surface area contributed by atoms with E-state index in [1.54, 1.807) is 11.0 Å². The summed E-state index contributed by atoms with van der Waals surface area (Å²) >= 11 is 0. The van der Waals surface area contributed by atoms with Crippen LogP contribution in [0.3, 0.4) is 0 Å². The van der Waals surface area contributed by atoms with Crippen LogP contribution in [0.1, 0.15) is 37.5 Å². The Labute approximate surface area is 177 Å². The van der Waals surface area contributed by atoms with Gasteiger partial charge in [-0.2, -0.15) is 5.10 Å². The Morgan fingerprint density at radius 2 is 1.70 bits per heavy atom. The summed E-state index contributed by atoms with van der Waals surface area (Å²) in [4.78, 5) is 15.9. The molecule has 0 atom stereocenters. The molecular formula is C23H29N5O2. The molecule has 158 valence electrons. The van der Waals surface area contributed by atoms with Crippen molar-refractivity contribution in [2.75, 3.05) is 13.2 Å². The molecule has 0 fully saturated rings. The van der Waals surface area contributed by atoms with E-state index in [4.69, 9.17) is 4.74 Å². The van der Waals surface area contributed by atoms with Crippen LogP contribution in [-0.4, -0.2) is 33.9 Å². The largest absolute Gasteiger partial charge is 0.492 e. The lowest BCUT2D eigenvalue weighted by Crippen LogP contribution is -2.37. The first kappa shape index (κ1) is 21.4. The predicted molar refractivity (Wildman–Crippen MR) is 116 cm³/mol. The Morgan fingerprint density at radius 3 is 2.33 bits per heavy atom. The van der Waals surface area contributed by atoms with Crippen LogP contribution >= 0.6 is 0 Å². The summed E-state index contributed by atoms with van der Waals surface area (Å²) in [5.41, 5.74) is 3.54. The number of urea groups is 1. The molecule has 2 aromatic carbocycles. The molecule has 0 aliphatic carbocycles. The zero-order chi connectivity index (χ0) is 21.4. The Morgan fingerprint density at radius 1 is 1.00 bits per heavy atom. The molecule has 2 amide bonds. The van der Waals surface area contributed by atoms with Gasteiger partial charge in [-0.1, -0.05) is 57.2 Å². The first-order chi connectivity index (χ1) is 14.4. The van der Waals surface area contributed by atoms with E-state index in [1.807, 2.05) is 36.4 Å². The number of ether oxygens (including phenoxy) is 1. The van der Waals surface area contributed by atoms with Crippen molar-refractivity contribution >= 4 is 6.03 Å². The van der Waals surface area contributed by atoms with Crippen molar-refractivity contribution in [3.63, 3.8) is 0 Å².